The molecule has 1 aromatic carbocycles. The summed E-state index contributed by atoms with van der Waals surface area (Å²) in [6.07, 6.45) is 3.47. The molecular formula is C13H19BrClN. The van der Waals surface area contributed by atoms with Crippen molar-refractivity contribution in [3.8, 4) is 0 Å². The topological polar surface area (TPSA) is 26.0 Å². The van der Waals surface area contributed by atoms with Crippen LogP contribution in [0.4, 0.5) is 0 Å². The normalized spacial score (nSPS) is 14.8. The lowest BCUT2D eigenvalue weighted by Gasteiger charge is -2.17. The van der Waals surface area contributed by atoms with E-state index in [2.05, 4.69) is 29.8 Å². The second-order valence-corrected chi connectivity index (χ2v) is 5.67. The van der Waals surface area contributed by atoms with E-state index >= 15 is 0 Å². The van der Waals surface area contributed by atoms with Gasteiger partial charge in [-0.3, -0.25) is 0 Å². The fraction of sp³-hybridized carbons (Fsp3) is 0.538. The molecule has 0 saturated heterocycles. The van der Waals surface area contributed by atoms with Crippen molar-refractivity contribution in [3.05, 3.63) is 33.3 Å². The zero-order valence-electron chi connectivity index (χ0n) is 9.84. The lowest BCUT2D eigenvalue weighted by atomic mass is 9.94. The molecule has 0 spiro atoms. The van der Waals surface area contributed by atoms with Gasteiger partial charge in [-0.15, -0.1) is 0 Å². The summed E-state index contributed by atoms with van der Waals surface area (Å²) in [6.45, 7) is 4.46. The van der Waals surface area contributed by atoms with E-state index in [4.69, 9.17) is 17.3 Å². The Labute approximate surface area is 111 Å². The number of hydrogen-bond donors (Lipinski definition) is 1. The highest BCUT2D eigenvalue weighted by Crippen LogP contribution is 2.28. The molecular weight excluding hydrogens is 286 g/mol. The molecule has 90 valence electrons. The number of hydrogen-bond acceptors (Lipinski definition) is 1. The molecule has 16 heavy (non-hydrogen) atoms. The monoisotopic (exact) mass is 303 g/mol. The molecule has 2 atom stereocenters. The maximum Gasteiger partial charge on any atom is 0.0551 e. The number of nitrogens with two attached hydrogens (primary N) is 1. The SMILES string of the molecule is CCCC(C)CC(N)c1ccc(Br)c(Cl)c1. The van der Waals surface area contributed by atoms with Gasteiger partial charge in [0, 0.05) is 10.5 Å². The summed E-state index contributed by atoms with van der Waals surface area (Å²) in [7, 11) is 0. The smallest absolute Gasteiger partial charge is 0.0551 e. The molecule has 0 aromatic heterocycles. The van der Waals surface area contributed by atoms with Crippen LogP contribution in [0.3, 0.4) is 0 Å². The van der Waals surface area contributed by atoms with Crippen LogP contribution in [0, 0.1) is 5.92 Å². The molecule has 1 nitrogen and oxygen atoms in total. The Morgan fingerprint density at radius 1 is 1.44 bits per heavy atom. The number of benzene rings is 1. The maximum atomic E-state index is 6.17. The van der Waals surface area contributed by atoms with E-state index in [0.29, 0.717) is 5.92 Å². The van der Waals surface area contributed by atoms with E-state index in [1.165, 1.54) is 12.8 Å². The predicted octanol–water partition coefficient (Wildman–Crippen LogP) is 4.93. The summed E-state index contributed by atoms with van der Waals surface area (Å²) >= 11 is 9.43. The third-order valence-corrected chi connectivity index (χ3v) is 4.04. The first kappa shape index (κ1) is 14.0. The Morgan fingerprint density at radius 2 is 2.12 bits per heavy atom. The summed E-state index contributed by atoms with van der Waals surface area (Å²) in [4.78, 5) is 0. The van der Waals surface area contributed by atoms with Crippen LogP contribution >= 0.6 is 27.5 Å². The van der Waals surface area contributed by atoms with Gasteiger partial charge < -0.3 is 5.73 Å². The van der Waals surface area contributed by atoms with Crippen LogP contribution in [0.25, 0.3) is 0 Å². The molecule has 1 rings (SSSR count). The van der Waals surface area contributed by atoms with Crippen LogP contribution in [0.1, 0.15) is 44.7 Å². The van der Waals surface area contributed by atoms with Gasteiger partial charge in [0.2, 0.25) is 0 Å². The van der Waals surface area contributed by atoms with E-state index in [9.17, 15) is 0 Å². The third-order valence-electron chi connectivity index (χ3n) is 2.81. The highest BCUT2D eigenvalue weighted by Gasteiger charge is 2.11. The zero-order valence-corrected chi connectivity index (χ0v) is 12.2. The van der Waals surface area contributed by atoms with Crippen LogP contribution < -0.4 is 5.73 Å². The average Bonchev–Trinajstić information content (AvgIpc) is 2.22. The number of rotatable bonds is 5. The highest BCUT2D eigenvalue weighted by molar-refractivity contribution is 9.10. The molecule has 3 heteroatoms. The van der Waals surface area contributed by atoms with Crippen molar-refractivity contribution in [2.24, 2.45) is 11.7 Å². The highest BCUT2D eigenvalue weighted by atomic mass is 79.9. The lowest BCUT2D eigenvalue weighted by molar-refractivity contribution is 0.440. The quantitative estimate of drug-likeness (QED) is 0.820. The van der Waals surface area contributed by atoms with Crippen LogP contribution in [-0.2, 0) is 0 Å². The Bertz CT molecular complexity index is 341. The van der Waals surface area contributed by atoms with E-state index in [-0.39, 0.29) is 6.04 Å². The van der Waals surface area contributed by atoms with Crippen LogP contribution in [0.5, 0.6) is 0 Å². The van der Waals surface area contributed by atoms with Crippen LogP contribution in [-0.4, -0.2) is 0 Å². The largest absolute Gasteiger partial charge is 0.324 e. The first-order valence-corrected chi connectivity index (χ1v) is 6.92. The first-order valence-electron chi connectivity index (χ1n) is 5.75. The van der Waals surface area contributed by atoms with Gasteiger partial charge in [-0.2, -0.15) is 0 Å². The minimum atomic E-state index is 0.0900. The molecule has 0 saturated carbocycles. The summed E-state index contributed by atoms with van der Waals surface area (Å²) in [5.74, 6) is 0.669. The first-order chi connectivity index (χ1) is 7.54. The molecule has 0 heterocycles. The molecule has 2 unspecified atom stereocenters. The zero-order chi connectivity index (χ0) is 12.1. The fourth-order valence-electron chi connectivity index (χ4n) is 1.92. The van der Waals surface area contributed by atoms with Crippen molar-refractivity contribution in [1.29, 1.82) is 0 Å². The second kappa shape index (κ2) is 6.63. The maximum absolute atomic E-state index is 6.17. The van der Waals surface area contributed by atoms with Crippen molar-refractivity contribution in [1.82, 2.24) is 0 Å². The van der Waals surface area contributed by atoms with E-state index in [0.717, 1.165) is 21.5 Å². The molecule has 1 aromatic rings. The fourth-order valence-corrected chi connectivity index (χ4v) is 2.36. The molecule has 0 aliphatic carbocycles. The van der Waals surface area contributed by atoms with Crippen molar-refractivity contribution < 1.29 is 0 Å². The Morgan fingerprint density at radius 3 is 2.69 bits per heavy atom. The minimum Gasteiger partial charge on any atom is -0.324 e. The van der Waals surface area contributed by atoms with Crippen molar-refractivity contribution in [2.75, 3.05) is 0 Å². The summed E-state index contributed by atoms with van der Waals surface area (Å²) in [5.41, 5.74) is 7.29. The Kier molecular flexibility index (Phi) is 5.81. The molecule has 0 fully saturated rings. The third kappa shape index (κ3) is 4.08. The minimum absolute atomic E-state index is 0.0900. The van der Waals surface area contributed by atoms with Gasteiger partial charge in [0.05, 0.1) is 5.02 Å². The van der Waals surface area contributed by atoms with Gasteiger partial charge in [-0.05, 0) is 46.0 Å². The van der Waals surface area contributed by atoms with Gasteiger partial charge in [0.15, 0.2) is 0 Å². The average molecular weight is 305 g/mol. The Hall–Kier alpha value is -0.0500. The van der Waals surface area contributed by atoms with E-state index in [1.807, 2.05) is 18.2 Å². The second-order valence-electron chi connectivity index (χ2n) is 4.41. The van der Waals surface area contributed by atoms with Crippen molar-refractivity contribution in [3.63, 3.8) is 0 Å². The number of halogens is 2. The van der Waals surface area contributed by atoms with Gasteiger partial charge in [0.25, 0.3) is 0 Å². The molecule has 2 N–H and O–H groups in total. The van der Waals surface area contributed by atoms with Crippen LogP contribution in [0.15, 0.2) is 22.7 Å². The summed E-state index contributed by atoms with van der Waals surface area (Å²) in [6, 6.07) is 6.04. The van der Waals surface area contributed by atoms with Crippen LogP contribution in [0.2, 0.25) is 5.02 Å². The molecule has 0 aliphatic heterocycles. The van der Waals surface area contributed by atoms with Crippen molar-refractivity contribution >= 4 is 27.5 Å². The molecule has 0 bridgehead atoms. The van der Waals surface area contributed by atoms with Gasteiger partial charge in [0.1, 0.15) is 0 Å². The van der Waals surface area contributed by atoms with Gasteiger partial charge in [-0.25, -0.2) is 0 Å². The molecule has 0 radical (unpaired) electrons. The standard InChI is InChI=1S/C13H19BrClN/c1-3-4-9(2)7-13(16)10-5-6-11(14)12(15)8-10/h5-6,8-9,13H,3-4,7,16H2,1-2H3. The predicted molar refractivity (Wildman–Crippen MR) is 74.8 cm³/mol. The summed E-state index contributed by atoms with van der Waals surface area (Å²) < 4.78 is 0.923. The van der Waals surface area contributed by atoms with E-state index in [1.54, 1.807) is 0 Å². The van der Waals surface area contributed by atoms with Crippen molar-refractivity contribution in [2.45, 2.75) is 39.2 Å². The van der Waals surface area contributed by atoms with E-state index < -0.39 is 0 Å². The lowest BCUT2D eigenvalue weighted by Crippen LogP contribution is -2.14. The molecule has 0 amide bonds. The molecule has 0 aliphatic rings. The Balaban J connectivity index is 2.65. The van der Waals surface area contributed by atoms with Gasteiger partial charge in [-0.1, -0.05) is 44.4 Å². The summed E-state index contributed by atoms with van der Waals surface area (Å²) in [5, 5.41) is 0.732. The van der Waals surface area contributed by atoms with Gasteiger partial charge >= 0.3 is 0 Å².